The monoisotopic (exact) mass is 412 g/mol. The molecule has 0 aliphatic heterocycles. The van der Waals surface area contributed by atoms with Crippen LogP contribution < -0.4 is 20.1 Å². The topological polar surface area (TPSA) is 102 Å². The first kappa shape index (κ1) is 20.3. The molecule has 0 bridgehead atoms. The first-order valence-electron chi connectivity index (χ1n) is 8.70. The number of benzene rings is 2. The number of hydrogen-bond acceptors (Lipinski definition) is 7. The van der Waals surface area contributed by atoms with E-state index in [1.807, 2.05) is 12.1 Å². The number of methoxy groups -OCH3 is 2. The summed E-state index contributed by atoms with van der Waals surface area (Å²) in [6, 6.07) is 12.1. The predicted octanol–water partition coefficient (Wildman–Crippen LogP) is 3.05. The van der Waals surface area contributed by atoms with Gasteiger partial charge in [0.25, 0.3) is 11.8 Å². The van der Waals surface area contributed by atoms with Crippen LogP contribution in [-0.4, -0.2) is 36.2 Å². The molecule has 0 radical (unpaired) electrons. The van der Waals surface area contributed by atoms with Gasteiger partial charge in [0.1, 0.15) is 5.01 Å². The first-order chi connectivity index (χ1) is 14.0. The third kappa shape index (κ3) is 5.08. The normalized spacial score (nSPS) is 10.3. The number of nitrogens with zero attached hydrogens (tertiary/aromatic N) is 2. The van der Waals surface area contributed by atoms with Crippen molar-refractivity contribution in [2.24, 2.45) is 0 Å². The highest BCUT2D eigenvalue weighted by atomic mass is 32.1. The second-order valence-corrected chi connectivity index (χ2v) is 7.21. The number of ether oxygens (including phenoxy) is 2. The summed E-state index contributed by atoms with van der Waals surface area (Å²) in [5.41, 5.74) is 1.93. The molecule has 0 saturated carbocycles. The van der Waals surface area contributed by atoms with Crippen LogP contribution in [0.25, 0.3) is 0 Å². The lowest BCUT2D eigenvalue weighted by Crippen LogP contribution is -2.22. The fourth-order valence-corrected chi connectivity index (χ4v) is 3.14. The molecule has 2 N–H and O–H groups in total. The Bertz CT molecular complexity index is 1020. The van der Waals surface area contributed by atoms with Crippen LogP contribution in [0, 0.1) is 6.92 Å². The quantitative estimate of drug-likeness (QED) is 0.618. The van der Waals surface area contributed by atoms with Crippen molar-refractivity contribution in [3.8, 4) is 11.5 Å². The summed E-state index contributed by atoms with van der Waals surface area (Å²) in [5, 5.41) is 14.2. The largest absolute Gasteiger partial charge is 0.493 e. The molecule has 0 saturated heterocycles. The predicted molar refractivity (Wildman–Crippen MR) is 110 cm³/mol. The summed E-state index contributed by atoms with van der Waals surface area (Å²) in [5.74, 6) is 0.674. The minimum atomic E-state index is -0.332. The minimum Gasteiger partial charge on any atom is -0.493 e. The third-order valence-electron chi connectivity index (χ3n) is 4.03. The lowest BCUT2D eigenvalue weighted by atomic mass is 10.1. The standard InChI is InChI=1S/C20H20N4O4S/c1-12-23-24-20(29-12)19(26)22-15-7-5-14(6-8-15)18(25)21-11-13-4-9-16(27-2)17(10-13)28-3/h4-10H,11H2,1-3H3,(H,21,25)(H,22,26). The zero-order chi connectivity index (χ0) is 20.8. The van der Waals surface area contributed by atoms with Crippen LogP contribution in [0.4, 0.5) is 5.69 Å². The molecule has 2 amide bonds. The fourth-order valence-electron chi connectivity index (χ4n) is 2.55. The maximum Gasteiger partial charge on any atom is 0.286 e. The second-order valence-electron chi connectivity index (χ2n) is 6.03. The van der Waals surface area contributed by atoms with Crippen molar-refractivity contribution in [1.29, 1.82) is 0 Å². The summed E-state index contributed by atoms with van der Waals surface area (Å²) in [6.07, 6.45) is 0. The van der Waals surface area contributed by atoms with Gasteiger partial charge in [-0.15, -0.1) is 10.2 Å². The van der Waals surface area contributed by atoms with Crippen molar-refractivity contribution < 1.29 is 19.1 Å². The van der Waals surface area contributed by atoms with Crippen molar-refractivity contribution in [1.82, 2.24) is 15.5 Å². The van der Waals surface area contributed by atoms with Crippen LogP contribution in [0.2, 0.25) is 0 Å². The molecule has 8 nitrogen and oxygen atoms in total. The average molecular weight is 412 g/mol. The van der Waals surface area contributed by atoms with Gasteiger partial charge in [-0.25, -0.2) is 0 Å². The van der Waals surface area contributed by atoms with Crippen molar-refractivity contribution in [2.45, 2.75) is 13.5 Å². The summed E-state index contributed by atoms with van der Waals surface area (Å²) in [6.45, 7) is 2.12. The first-order valence-corrected chi connectivity index (χ1v) is 9.52. The van der Waals surface area contributed by atoms with Crippen LogP contribution in [0.15, 0.2) is 42.5 Å². The van der Waals surface area contributed by atoms with Gasteiger partial charge in [-0.3, -0.25) is 9.59 Å². The fraction of sp³-hybridized carbons (Fsp3) is 0.200. The number of hydrogen-bond donors (Lipinski definition) is 2. The Morgan fingerprint density at radius 3 is 2.31 bits per heavy atom. The lowest BCUT2D eigenvalue weighted by Gasteiger charge is -2.10. The second kappa shape index (κ2) is 9.16. The Morgan fingerprint density at radius 1 is 0.966 bits per heavy atom. The van der Waals surface area contributed by atoms with E-state index >= 15 is 0 Å². The van der Waals surface area contributed by atoms with E-state index in [4.69, 9.17) is 9.47 Å². The average Bonchev–Trinajstić information content (AvgIpc) is 3.18. The lowest BCUT2D eigenvalue weighted by molar-refractivity contribution is 0.0950. The van der Waals surface area contributed by atoms with Gasteiger partial charge >= 0.3 is 0 Å². The number of rotatable bonds is 7. The molecule has 2 aromatic carbocycles. The molecule has 0 unspecified atom stereocenters. The van der Waals surface area contributed by atoms with E-state index < -0.39 is 0 Å². The van der Waals surface area contributed by atoms with E-state index in [0.29, 0.717) is 34.3 Å². The number of carbonyl (C=O) groups is 2. The summed E-state index contributed by atoms with van der Waals surface area (Å²) >= 11 is 1.22. The van der Waals surface area contributed by atoms with Crippen molar-refractivity contribution in [3.05, 3.63) is 63.6 Å². The van der Waals surface area contributed by atoms with Gasteiger partial charge < -0.3 is 20.1 Å². The highest BCUT2D eigenvalue weighted by molar-refractivity contribution is 7.13. The highest BCUT2D eigenvalue weighted by Crippen LogP contribution is 2.27. The Hall–Kier alpha value is -3.46. The zero-order valence-electron chi connectivity index (χ0n) is 16.2. The van der Waals surface area contributed by atoms with E-state index in [2.05, 4.69) is 20.8 Å². The maximum absolute atomic E-state index is 12.4. The number of carbonyl (C=O) groups excluding carboxylic acids is 2. The molecule has 0 fully saturated rings. The summed E-state index contributed by atoms with van der Waals surface area (Å²) in [4.78, 5) is 24.5. The molecule has 1 heterocycles. The molecule has 29 heavy (non-hydrogen) atoms. The van der Waals surface area contributed by atoms with Gasteiger partial charge in [0.05, 0.1) is 14.2 Å². The van der Waals surface area contributed by atoms with E-state index in [-0.39, 0.29) is 11.8 Å². The van der Waals surface area contributed by atoms with Gasteiger partial charge in [-0.2, -0.15) is 0 Å². The minimum absolute atomic E-state index is 0.225. The molecule has 0 aliphatic carbocycles. The Kier molecular flexibility index (Phi) is 6.40. The van der Waals surface area contributed by atoms with Gasteiger partial charge in [0, 0.05) is 17.8 Å². The summed E-state index contributed by atoms with van der Waals surface area (Å²) < 4.78 is 10.5. The zero-order valence-corrected chi connectivity index (χ0v) is 17.0. The van der Waals surface area contributed by atoms with Crippen molar-refractivity contribution in [3.63, 3.8) is 0 Å². The highest BCUT2D eigenvalue weighted by Gasteiger charge is 2.12. The third-order valence-corrected chi connectivity index (χ3v) is 4.86. The Labute approximate surface area is 171 Å². The molecular weight excluding hydrogens is 392 g/mol. The Balaban J connectivity index is 1.58. The van der Waals surface area contributed by atoms with Crippen LogP contribution in [0.3, 0.4) is 0 Å². The maximum atomic E-state index is 12.4. The van der Waals surface area contributed by atoms with Crippen LogP contribution in [0.1, 0.15) is 30.7 Å². The van der Waals surface area contributed by atoms with Crippen LogP contribution in [0.5, 0.6) is 11.5 Å². The van der Waals surface area contributed by atoms with Gasteiger partial charge in [-0.1, -0.05) is 17.4 Å². The molecular formula is C20H20N4O4S. The SMILES string of the molecule is COc1ccc(CNC(=O)c2ccc(NC(=O)c3nnc(C)s3)cc2)cc1OC. The molecule has 9 heteroatoms. The van der Waals surface area contributed by atoms with Gasteiger partial charge in [-0.05, 0) is 48.9 Å². The van der Waals surface area contributed by atoms with Gasteiger partial charge in [0.2, 0.25) is 5.01 Å². The number of nitrogens with one attached hydrogen (secondary N) is 2. The molecule has 1 aromatic heterocycles. The van der Waals surface area contributed by atoms with Crippen LogP contribution >= 0.6 is 11.3 Å². The van der Waals surface area contributed by atoms with E-state index in [9.17, 15) is 9.59 Å². The molecule has 0 spiro atoms. The molecule has 0 atom stereocenters. The number of aromatic nitrogens is 2. The van der Waals surface area contributed by atoms with E-state index in [1.165, 1.54) is 11.3 Å². The molecule has 150 valence electrons. The van der Waals surface area contributed by atoms with Crippen molar-refractivity contribution in [2.75, 3.05) is 19.5 Å². The number of aryl methyl sites for hydroxylation is 1. The summed E-state index contributed by atoms with van der Waals surface area (Å²) in [7, 11) is 3.13. The van der Waals surface area contributed by atoms with Gasteiger partial charge in [0.15, 0.2) is 11.5 Å². The number of anilines is 1. The van der Waals surface area contributed by atoms with Crippen LogP contribution in [-0.2, 0) is 6.54 Å². The smallest absolute Gasteiger partial charge is 0.286 e. The van der Waals surface area contributed by atoms with E-state index in [1.54, 1.807) is 51.5 Å². The molecule has 3 aromatic rings. The van der Waals surface area contributed by atoms with Crippen molar-refractivity contribution >= 4 is 28.8 Å². The Morgan fingerprint density at radius 2 is 1.69 bits per heavy atom. The molecule has 0 aliphatic rings. The van der Waals surface area contributed by atoms with E-state index in [0.717, 1.165) is 10.6 Å². The molecule has 3 rings (SSSR count). The number of amides is 2.